The van der Waals surface area contributed by atoms with E-state index in [2.05, 4.69) is 4.72 Å². The summed E-state index contributed by atoms with van der Waals surface area (Å²) in [6, 6.07) is 13.0. The molecule has 1 heterocycles. The Morgan fingerprint density at radius 3 is 2.25 bits per heavy atom. The molecule has 0 saturated heterocycles. The first-order valence-corrected chi connectivity index (χ1v) is 12.9. The van der Waals surface area contributed by atoms with Gasteiger partial charge in [-0.1, -0.05) is 28.2 Å². The van der Waals surface area contributed by atoms with E-state index in [1.807, 2.05) is 52.9 Å². The molecule has 0 radical (unpaired) electrons. The fraction of sp³-hybridized carbons (Fsp3) is 0.250. The Kier molecular flexibility index (Phi) is 9.81. The maximum atomic E-state index is 12.5. The molecule has 0 aliphatic carbocycles. The van der Waals surface area contributed by atoms with Gasteiger partial charge >= 0.3 is 16.5 Å². The van der Waals surface area contributed by atoms with E-state index in [0.29, 0.717) is 3.95 Å². The maximum absolute atomic E-state index is 12.5. The van der Waals surface area contributed by atoms with Gasteiger partial charge in [-0.3, -0.25) is 0 Å². The zero-order chi connectivity index (χ0) is 23.7. The Hall–Kier alpha value is -2.29. The molecule has 12 heteroatoms. The number of methoxy groups -OCH3 is 1. The first-order valence-electron chi connectivity index (χ1n) is 9.26. The monoisotopic (exact) mass is 593 g/mol. The smallest absolute Gasteiger partial charge is 0.460 e. The zero-order valence-electron chi connectivity index (χ0n) is 17.0. The van der Waals surface area contributed by atoms with Crippen LogP contribution in [-0.4, -0.2) is 57.6 Å². The quantitative estimate of drug-likeness (QED) is 0.309. The van der Waals surface area contributed by atoms with E-state index in [0.717, 1.165) is 9.32 Å². The van der Waals surface area contributed by atoms with Crippen LogP contribution in [0.5, 0.6) is 5.75 Å². The van der Waals surface area contributed by atoms with Gasteiger partial charge in [-0.15, -0.1) is 8.42 Å². The SMILES string of the molecule is COc1ccccc1.O=C(O)C1C(NS(=O)(=O)c2ccc(I)cc2)CC=CC[N+]1=S(=O)=O. The lowest BCUT2D eigenvalue weighted by molar-refractivity contribution is -0.524. The summed E-state index contributed by atoms with van der Waals surface area (Å²) in [4.78, 5) is 11.5. The number of nitrogens with one attached hydrogen (secondary N) is 1. The Labute approximate surface area is 201 Å². The fourth-order valence-electron chi connectivity index (χ4n) is 2.86. The minimum atomic E-state index is -3.99. The van der Waals surface area contributed by atoms with E-state index in [4.69, 9.17) is 4.74 Å². The van der Waals surface area contributed by atoms with Gasteiger partial charge in [-0.2, -0.15) is 0 Å². The third-order valence-electron chi connectivity index (χ3n) is 4.39. The lowest BCUT2D eigenvalue weighted by Crippen LogP contribution is -2.51. The number of benzene rings is 2. The summed E-state index contributed by atoms with van der Waals surface area (Å²) in [7, 11) is -5.12. The number of halogens is 1. The van der Waals surface area contributed by atoms with Gasteiger partial charge < -0.3 is 9.84 Å². The molecular weight excluding hydrogens is 571 g/mol. The van der Waals surface area contributed by atoms with Crippen molar-refractivity contribution in [2.45, 2.75) is 23.4 Å². The molecule has 2 atom stereocenters. The van der Waals surface area contributed by atoms with Crippen LogP contribution in [-0.2, 0) is 25.3 Å². The average Bonchev–Trinajstić information content (AvgIpc) is 2.97. The Morgan fingerprint density at radius 2 is 1.75 bits per heavy atom. The minimum absolute atomic E-state index is 0.0184. The summed E-state index contributed by atoms with van der Waals surface area (Å²) in [5.74, 6) is -0.509. The van der Waals surface area contributed by atoms with Gasteiger partial charge in [0.25, 0.3) is 6.04 Å². The summed E-state index contributed by atoms with van der Waals surface area (Å²) >= 11 is 2.03. The lowest BCUT2D eigenvalue weighted by Gasteiger charge is -2.18. The van der Waals surface area contributed by atoms with Gasteiger partial charge in [0, 0.05) is 3.57 Å². The van der Waals surface area contributed by atoms with Gasteiger partial charge in [0.05, 0.1) is 18.0 Å². The van der Waals surface area contributed by atoms with Crippen LogP contribution in [0.25, 0.3) is 0 Å². The number of hydrogen-bond acceptors (Lipinski definition) is 6. The fourth-order valence-corrected chi connectivity index (χ4v) is 5.11. The predicted molar refractivity (Wildman–Crippen MR) is 125 cm³/mol. The molecule has 1 aliphatic heterocycles. The lowest BCUT2D eigenvalue weighted by atomic mass is 10.1. The molecule has 0 saturated carbocycles. The molecule has 2 aromatic carbocycles. The number of rotatable bonds is 5. The highest BCUT2D eigenvalue weighted by molar-refractivity contribution is 14.1. The van der Waals surface area contributed by atoms with Crippen molar-refractivity contribution in [3.8, 4) is 5.75 Å². The largest absolute Gasteiger partial charge is 0.497 e. The third-order valence-corrected chi connectivity index (χ3v) is 7.37. The topological polar surface area (TPSA) is 130 Å². The molecule has 2 N–H and O–H groups in total. The van der Waals surface area contributed by atoms with Crippen LogP contribution in [0.15, 0.2) is 71.6 Å². The van der Waals surface area contributed by atoms with Crippen LogP contribution in [0.2, 0.25) is 0 Å². The number of carbonyl (C=O) groups is 1. The van der Waals surface area contributed by atoms with E-state index >= 15 is 0 Å². The van der Waals surface area contributed by atoms with E-state index in [1.165, 1.54) is 18.2 Å². The molecule has 32 heavy (non-hydrogen) atoms. The third kappa shape index (κ3) is 7.39. The molecule has 172 valence electrons. The first-order chi connectivity index (χ1) is 15.2. The summed E-state index contributed by atoms with van der Waals surface area (Å²) in [6.07, 6.45) is 3.11. The molecule has 0 amide bonds. The highest BCUT2D eigenvalue weighted by atomic mass is 127. The predicted octanol–water partition coefficient (Wildman–Crippen LogP) is 2.12. The van der Waals surface area contributed by atoms with Gasteiger partial charge in [-0.25, -0.2) is 17.9 Å². The van der Waals surface area contributed by atoms with Crippen molar-refractivity contribution in [3.63, 3.8) is 0 Å². The number of aliphatic carboxylic acids is 1. The molecule has 9 nitrogen and oxygen atoms in total. The van der Waals surface area contributed by atoms with Gasteiger partial charge in [0.15, 0.2) is 6.54 Å². The van der Waals surface area contributed by atoms with Crippen LogP contribution < -0.4 is 9.46 Å². The number of para-hydroxylation sites is 1. The molecule has 2 unspecified atom stereocenters. The van der Waals surface area contributed by atoms with Crippen molar-refractivity contribution in [3.05, 3.63) is 70.3 Å². The zero-order valence-corrected chi connectivity index (χ0v) is 20.7. The van der Waals surface area contributed by atoms with Crippen LogP contribution in [0.1, 0.15) is 6.42 Å². The summed E-state index contributed by atoms with van der Waals surface area (Å²) in [5.41, 5.74) is 0. The van der Waals surface area contributed by atoms with Crippen molar-refractivity contribution >= 4 is 49.1 Å². The van der Waals surface area contributed by atoms with Gasteiger partial charge in [-0.05, 0) is 71.5 Å². The molecule has 0 fully saturated rings. The van der Waals surface area contributed by atoms with Crippen LogP contribution in [0.3, 0.4) is 0 Å². The summed E-state index contributed by atoms with van der Waals surface area (Å²) < 4.78 is 56.3. The summed E-state index contributed by atoms with van der Waals surface area (Å²) in [6.45, 7) is -0.130. The van der Waals surface area contributed by atoms with Crippen molar-refractivity contribution in [1.29, 1.82) is 0 Å². The van der Waals surface area contributed by atoms with Crippen molar-refractivity contribution < 1.29 is 35.4 Å². The number of nitrogens with zero attached hydrogens (tertiary/aromatic N) is 1. The number of ether oxygens (including phenoxy) is 1. The maximum Gasteiger partial charge on any atom is 0.460 e. The first kappa shape index (κ1) is 26.0. The van der Waals surface area contributed by atoms with E-state index in [1.54, 1.807) is 25.3 Å². The standard InChI is InChI=1S/C13H13IN2O6S2.C7H8O/c14-9-4-6-10(7-5-9)24(21,22)15-11-3-1-2-8-16(23(19)20)12(11)13(17)18;1-8-7-5-3-2-4-6-7/h1-2,4-7,11-12,15H,3,8H2;2-6H,1H3/p+1. The molecular formula is C20H22IN2O7S2+. The Morgan fingerprint density at radius 1 is 1.12 bits per heavy atom. The van der Waals surface area contributed by atoms with Gasteiger partial charge in [0.1, 0.15) is 5.75 Å². The van der Waals surface area contributed by atoms with Gasteiger partial charge in [0.2, 0.25) is 10.0 Å². The van der Waals surface area contributed by atoms with Crippen LogP contribution >= 0.6 is 22.6 Å². The highest BCUT2D eigenvalue weighted by Crippen LogP contribution is 2.16. The van der Waals surface area contributed by atoms with Crippen molar-refractivity contribution in [2.75, 3.05) is 13.7 Å². The Balaban J connectivity index is 0.000000380. The number of carboxylic acids is 1. The molecule has 0 aromatic heterocycles. The summed E-state index contributed by atoms with van der Waals surface area (Å²) in [5, 5.41) is 9.38. The van der Waals surface area contributed by atoms with Crippen molar-refractivity contribution in [1.82, 2.24) is 4.72 Å². The molecule has 0 bridgehead atoms. The molecule has 1 aliphatic rings. The minimum Gasteiger partial charge on any atom is -0.497 e. The van der Waals surface area contributed by atoms with E-state index in [9.17, 15) is 26.7 Å². The second-order valence-corrected chi connectivity index (χ2v) is 10.4. The highest BCUT2D eigenvalue weighted by Gasteiger charge is 2.42. The van der Waals surface area contributed by atoms with E-state index in [-0.39, 0.29) is 17.9 Å². The van der Waals surface area contributed by atoms with E-state index < -0.39 is 38.6 Å². The number of carboxylic acid groups (broad SMARTS) is 1. The van der Waals surface area contributed by atoms with Crippen LogP contribution in [0.4, 0.5) is 0 Å². The molecule has 3 rings (SSSR count). The molecule has 0 spiro atoms. The average molecular weight is 593 g/mol. The number of sulfonamides is 1. The second kappa shape index (κ2) is 12.1. The van der Waals surface area contributed by atoms with Crippen molar-refractivity contribution in [2.24, 2.45) is 0 Å². The molecule has 2 aromatic rings. The van der Waals surface area contributed by atoms with Crippen LogP contribution in [0, 0.1) is 3.57 Å². The normalized spacial score (nSPS) is 18.1. The Bertz CT molecular complexity index is 1190. The second-order valence-electron chi connectivity index (χ2n) is 6.51. The number of hydrogen-bond donors (Lipinski definition) is 2.